The van der Waals surface area contributed by atoms with Gasteiger partial charge in [-0.3, -0.25) is 4.79 Å². The average Bonchev–Trinajstić information content (AvgIpc) is 3.08. The number of rotatable bonds is 3. The van der Waals surface area contributed by atoms with Gasteiger partial charge >= 0.3 is 11.6 Å². The molecule has 0 radical (unpaired) electrons. The minimum Gasteiger partial charge on any atom is -0.502 e. The van der Waals surface area contributed by atoms with Gasteiger partial charge in [0.2, 0.25) is 5.75 Å². The van der Waals surface area contributed by atoms with Gasteiger partial charge in [-0.2, -0.15) is 0 Å². The minimum absolute atomic E-state index is 0.0957. The Kier molecular flexibility index (Phi) is 3.94. The molecule has 0 saturated heterocycles. The molecule has 4 aromatic rings. The Balaban J connectivity index is 1.90. The van der Waals surface area contributed by atoms with Crippen LogP contribution in [0, 0.1) is 0 Å². The molecule has 0 spiro atoms. The van der Waals surface area contributed by atoms with E-state index in [0.717, 1.165) is 24.8 Å². The predicted molar refractivity (Wildman–Crippen MR) is 107 cm³/mol. The highest BCUT2D eigenvalue weighted by Crippen LogP contribution is 2.43. The molecule has 2 aromatic heterocycles. The van der Waals surface area contributed by atoms with Crippen LogP contribution in [0.15, 0.2) is 50.0 Å². The third-order valence-electron chi connectivity index (χ3n) is 5.61. The van der Waals surface area contributed by atoms with Gasteiger partial charge in [0.05, 0.1) is 6.42 Å². The van der Waals surface area contributed by atoms with Gasteiger partial charge in [-0.05, 0) is 37.3 Å². The van der Waals surface area contributed by atoms with Gasteiger partial charge in [0.1, 0.15) is 5.76 Å². The summed E-state index contributed by atoms with van der Waals surface area (Å²) in [6.45, 7) is 0. The van der Waals surface area contributed by atoms with E-state index in [1.54, 1.807) is 6.07 Å². The Morgan fingerprint density at radius 1 is 0.966 bits per heavy atom. The molecule has 1 aliphatic rings. The van der Waals surface area contributed by atoms with Crippen molar-refractivity contribution in [3.63, 3.8) is 0 Å². The molecule has 6 nitrogen and oxygen atoms in total. The Morgan fingerprint density at radius 3 is 2.38 bits per heavy atom. The van der Waals surface area contributed by atoms with Crippen LogP contribution in [0.1, 0.15) is 29.5 Å². The van der Waals surface area contributed by atoms with Crippen LogP contribution in [0.5, 0.6) is 5.75 Å². The fourth-order valence-electron chi connectivity index (χ4n) is 4.31. The number of hydrogen-bond acceptors (Lipinski definition) is 5. The first-order valence-electron chi connectivity index (χ1n) is 9.57. The molecular formula is C23H18O6. The van der Waals surface area contributed by atoms with Gasteiger partial charge in [0, 0.05) is 27.5 Å². The Morgan fingerprint density at radius 2 is 1.66 bits per heavy atom. The molecule has 0 fully saturated rings. The van der Waals surface area contributed by atoms with Crippen molar-refractivity contribution >= 4 is 27.9 Å². The molecular weight excluding hydrogens is 372 g/mol. The van der Waals surface area contributed by atoms with Crippen molar-refractivity contribution in [1.29, 1.82) is 0 Å². The third kappa shape index (κ3) is 2.71. The lowest BCUT2D eigenvalue weighted by molar-refractivity contribution is -0.136. The topological polar surface area (TPSA) is 101 Å². The summed E-state index contributed by atoms with van der Waals surface area (Å²) < 4.78 is 11.4. The summed E-state index contributed by atoms with van der Waals surface area (Å²) in [6.07, 6.45) is 2.99. The number of fused-ring (bicyclic) bond motifs is 4. The van der Waals surface area contributed by atoms with Crippen molar-refractivity contribution in [2.24, 2.45) is 0 Å². The number of carboxylic acids is 1. The summed E-state index contributed by atoms with van der Waals surface area (Å²) in [7, 11) is 0. The second-order valence-corrected chi connectivity index (χ2v) is 7.38. The van der Waals surface area contributed by atoms with Crippen molar-refractivity contribution in [3.8, 4) is 17.1 Å². The number of phenols is 1. The van der Waals surface area contributed by atoms with Crippen LogP contribution in [0.25, 0.3) is 33.3 Å². The number of phenolic OH excluding ortho intramolecular Hbond substituents is 1. The first-order valence-corrected chi connectivity index (χ1v) is 9.57. The maximum absolute atomic E-state index is 12.4. The van der Waals surface area contributed by atoms with Crippen LogP contribution in [0.3, 0.4) is 0 Å². The molecule has 2 aromatic carbocycles. The molecule has 0 atom stereocenters. The van der Waals surface area contributed by atoms with Crippen molar-refractivity contribution in [2.75, 3.05) is 0 Å². The van der Waals surface area contributed by atoms with Crippen molar-refractivity contribution in [1.82, 2.24) is 0 Å². The number of furan rings is 1. The summed E-state index contributed by atoms with van der Waals surface area (Å²) >= 11 is 0. The first-order chi connectivity index (χ1) is 14.0. The summed E-state index contributed by atoms with van der Waals surface area (Å²) in [6, 6.07) is 11.0. The van der Waals surface area contributed by atoms with E-state index in [9.17, 15) is 19.8 Å². The molecule has 0 unspecified atom stereocenters. The van der Waals surface area contributed by atoms with Crippen LogP contribution in [-0.4, -0.2) is 16.2 Å². The predicted octanol–water partition coefficient (Wildman–Crippen LogP) is 4.42. The summed E-state index contributed by atoms with van der Waals surface area (Å²) in [5.41, 5.74) is 2.53. The van der Waals surface area contributed by atoms with Gasteiger partial charge in [0.25, 0.3) is 0 Å². The van der Waals surface area contributed by atoms with E-state index in [0.29, 0.717) is 39.6 Å². The number of carbonyl (C=O) groups is 1. The molecule has 6 heteroatoms. The zero-order chi connectivity index (χ0) is 20.1. The zero-order valence-electron chi connectivity index (χ0n) is 15.5. The molecule has 29 heavy (non-hydrogen) atoms. The van der Waals surface area contributed by atoms with E-state index < -0.39 is 11.6 Å². The van der Waals surface area contributed by atoms with E-state index in [1.165, 1.54) is 0 Å². The van der Waals surface area contributed by atoms with Crippen molar-refractivity contribution in [2.45, 2.75) is 32.1 Å². The Hall–Kier alpha value is -3.54. The molecule has 146 valence electrons. The quantitative estimate of drug-likeness (QED) is 0.502. The van der Waals surface area contributed by atoms with E-state index in [4.69, 9.17) is 8.83 Å². The molecule has 0 bridgehead atoms. The molecule has 1 aliphatic carbocycles. The lowest BCUT2D eigenvalue weighted by Gasteiger charge is -2.16. The van der Waals surface area contributed by atoms with Crippen LogP contribution in [0.4, 0.5) is 0 Å². The summed E-state index contributed by atoms with van der Waals surface area (Å²) in [5, 5.41) is 21.5. The minimum atomic E-state index is -0.994. The molecule has 0 amide bonds. The number of aromatic hydroxyl groups is 1. The highest BCUT2D eigenvalue weighted by Gasteiger charge is 2.26. The number of benzene rings is 2. The Bertz CT molecular complexity index is 1330. The van der Waals surface area contributed by atoms with Gasteiger partial charge in [0.15, 0.2) is 11.2 Å². The molecule has 2 N–H and O–H groups in total. The molecule has 5 rings (SSSR count). The maximum atomic E-state index is 12.4. The van der Waals surface area contributed by atoms with E-state index in [-0.39, 0.29) is 23.3 Å². The van der Waals surface area contributed by atoms with E-state index in [1.807, 2.05) is 30.3 Å². The third-order valence-corrected chi connectivity index (χ3v) is 5.61. The van der Waals surface area contributed by atoms with Crippen molar-refractivity contribution in [3.05, 3.63) is 63.5 Å². The monoisotopic (exact) mass is 390 g/mol. The highest BCUT2D eigenvalue weighted by atomic mass is 16.4. The van der Waals surface area contributed by atoms with Gasteiger partial charge < -0.3 is 19.0 Å². The fraction of sp³-hybridized carbons (Fsp3) is 0.217. The van der Waals surface area contributed by atoms with Crippen LogP contribution in [-0.2, 0) is 24.1 Å². The summed E-state index contributed by atoms with van der Waals surface area (Å²) in [5.74, 6) is -0.868. The van der Waals surface area contributed by atoms with Crippen LogP contribution in [0.2, 0.25) is 0 Å². The van der Waals surface area contributed by atoms with Gasteiger partial charge in [-0.15, -0.1) is 0 Å². The summed E-state index contributed by atoms with van der Waals surface area (Å²) in [4.78, 5) is 24.0. The first kappa shape index (κ1) is 17.6. The Labute approximate surface area is 165 Å². The van der Waals surface area contributed by atoms with Crippen molar-refractivity contribution < 1.29 is 23.8 Å². The van der Waals surface area contributed by atoms with E-state index in [2.05, 4.69) is 0 Å². The highest BCUT2D eigenvalue weighted by molar-refractivity contribution is 6.05. The number of hydrogen-bond donors (Lipinski definition) is 2. The van der Waals surface area contributed by atoms with Gasteiger partial charge in [-0.1, -0.05) is 30.3 Å². The number of carboxylic acid groups (broad SMARTS) is 1. The largest absolute Gasteiger partial charge is 0.502 e. The standard InChI is InChI=1S/C23H18O6/c24-18(25)11-17-16-10-15-13-8-4-5-9-14(13)23(27)29-22(15)19(26)21(16)28-20(17)12-6-2-1-3-7-12/h1-3,6-7,10,26H,4-5,8-9,11H2,(H,24,25). The second kappa shape index (κ2) is 6.51. The average molecular weight is 390 g/mol. The SMILES string of the molecule is O=C(O)Cc1c(-c2ccccc2)oc2c(O)c3oc(=O)c4c(c3cc12)CCCC4. The second-order valence-electron chi connectivity index (χ2n) is 7.38. The number of aliphatic carboxylic acids is 1. The number of aryl methyl sites for hydroxylation is 1. The van der Waals surface area contributed by atoms with Crippen LogP contribution < -0.4 is 5.63 Å². The lowest BCUT2D eigenvalue weighted by atomic mass is 9.90. The molecule has 0 aliphatic heterocycles. The zero-order valence-corrected chi connectivity index (χ0v) is 15.5. The molecule has 2 heterocycles. The smallest absolute Gasteiger partial charge is 0.339 e. The van der Waals surface area contributed by atoms with Crippen LogP contribution >= 0.6 is 0 Å². The fourth-order valence-corrected chi connectivity index (χ4v) is 4.31. The maximum Gasteiger partial charge on any atom is 0.339 e. The lowest BCUT2D eigenvalue weighted by Crippen LogP contribution is -2.15. The van der Waals surface area contributed by atoms with E-state index >= 15 is 0 Å². The van der Waals surface area contributed by atoms with Gasteiger partial charge in [-0.25, -0.2) is 4.79 Å². The molecule has 0 saturated carbocycles. The normalized spacial score (nSPS) is 13.7.